The summed E-state index contributed by atoms with van der Waals surface area (Å²) in [6, 6.07) is 33.8. The van der Waals surface area contributed by atoms with Gasteiger partial charge in [-0.05, 0) is 103 Å². The molecule has 0 atom stereocenters. The third-order valence-corrected chi connectivity index (χ3v) is 20.0. The molecule has 5 aromatic heterocycles. The largest absolute Gasteiger partial charge is 0.492 e. The number of aromatic nitrogens is 1. The molecule has 0 radical (unpaired) electrons. The van der Waals surface area contributed by atoms with Crippen LogP contribution in [0.3, 0.4) is 0 Å². The van der Waals surface area contributed by atoms with Gasteiger partial charge in [-0.1, -0.05) is 35.9 Å². The van der Waals surface area contributed by atoms with Crippen molar-refractivity contribution in [2.75, 3.05) is 55.9 Å². The van der Waals surface area contributed by atoms with Crippen LogP contribution in [0.25, 0.3) is 40.1 Å². The summed E-state index contributed by atoms with van der Waals surface area (Å²) in [7, 11) is -7.92. The fraction of sp³-hybridized carbons (Fsp3) is 0.129. The minimum atomic E-state index is -4.07. The highest BCUT2D eigenvalue weighted by molar-refractivity contribution is 7.93. The van der Waals surface area contributed by atoms with Gasteiger partial charge in [0.05, 0.1) is 97.9 Å². The number of fused-ring (bicyclic) bond motifs is 5. The Morgan fingerprint density at radius 3 is 1.25 bits per heavy atom. The van der Waals surface area contributed by atoms with Crippen LogP contribution >= 0.6 is 11.6 Å². The van der Waals surface area contributed by atoms with Crippen LogP contribution in [0.15, 0.2) is 209 Å². The molecule has 3 aliphatic heterocycles. The second-order valence-corrected chi connectivity index (χ2v) is 27.1. The number of halogens is 1. The molecule has 8 heterocycles. The van der Waals surface area contributed by atoms with Gasteiger partial charge in [0.25, 0.3) is 30.1 Å². The van der Waals surface area contributed by atoms with Crippen molar-refractivity contribution in [3.63, 3.8) is 0 Å². The average Bonchev–Trinajstić information content (AvgIpc) is 1.73. The molecule has 3 amide bonds. The highest BCUT2D eigenvalue weighted by atomic mass is 35.5. The van der Waals surface area contributed by atoms with E-state index < -0.39 is 47.8 Å². The summed E-state index contributed by atoms with van der Waals surface area (Å²) in [6.07, 6.45) is 15.7. The number of ether oxygens (including phenoxy) is 9. The van der Waals surface area contributed by atoms with Gasteiger partial charge < -0.3 is 81.2 Å². The molecule has 11 aromatic rings. The molecule has 3 aliphatic rings. The van der Waals surface area contributed by atoms with E-state index in [9.17, 15) is 39.6 Å². The van der Waals surface area contributed by atoms with Crippen LogP contribution in [0.4, 0.5) is 17.1 Å². The van der Waals surface area contributed by atoms with Crippen molar-refractivity contribution in [3.05, 3.63) is 216 Å². The van der Waals surface area contributed by atoms with Crippen molar-refractivity contribution in [1.82, 2.24) is 20.9 Å². The van der Waals surface area contributed by atoms with Gasteiger partial charge in [-0.2, -0.15) is 0 Å². The zero-order chi connectivity index (χ0) is 72.3. The molecule has 0 bridgehead atoms. The Kier molecular flexibility index (Phi) is 21.2. The molecule has 14 rings (SSSR count). The summed E-state index contributed by atoms with van der Waals surface area (Å²) in [5.41, 5.74) is 2.39. The Labute approximate surface area is 592 Å². The predicted octanol–water partition coefficient (Wildman–Crippen LogP) is 11.3. The standard InChI is InChI=1S/C24H21N3O7S.C24H20N2O8S.C22H19ClN2O7S/c1-31-23-17(7-8-22(28)26-13-15-4-3-11-32-15)19(12-20-24(23)34-14-33-20)27-35(29,30)21-6-2-5-18-16(21)9-10-25-18;1-30-23-16(7-8-22(27)25-13-15-4-3-10-31-15)18(12-20-24(23)34-14-33-20)26-35(28,29)21-6-2-5-19-17(21)9-11-32-19;1-29-21-15(8-9-20(26)24-12-14-5-4-10-30-14)17(11-18-22(21)32-13-31-18)25-33(27,28)19-7-3-2-6-16(19)23/h2-12,25,27H,13-14H2,1H3,(H,26,28);2-12,26H,13-14H2,1H3,(H,25,27);2-11,25H,12-13H2,1H3,(H,24,26)/b2*8-7+;9-8+. The number of rotatable bonds is 24. The number of anilines is 3. The smallest absolute Gasteiger partial charge is 0.263 e. The van der Waals surface area contributed by atoms with Gasteiger partial charge >= 0.3 is 0 Å². The second kappa shape index (κ2) is 31.0. The van der Waals surface area contributed by atoms with Crippen molar-refractivity contribution in [3.8, 4) is 51.7 Å². The Morgan fingerprint density at radius 1 is 0.447 bits per heavy atom. The number of methoxy groups -OCH3 is 3. The van der Waals surface area contributed by atoms with E-state index in [2.05, 4.69) is 35.1 Å². The van der Waals surface area contributed by atoms with Crippen molar-refractivity contribution in [2.45, 2.75) is 34.3 Å². The lowest BCUT2D eigenvalue weighted by atomic mass is 10.1. The lowest BCUT2D eigenvalue weighted by Gasteiger charge is -2.16. The quantitative estimate of drug-likeness (QED) is 0.0276. The third kappa shape index (κ3) is 16.1. The van der Waals surface area contributed by atoms with Gasteiger partial charge in [0.2, 0.25) is 55.3 Å². The molecule has 33 heteroatoms. The van der Waals surface area contributed by atoms with Crippen LogP contribution in [-0.4, -0.2) is 89.7 Å². The number of nitrogens with one attached hydrogen (secondary N) is 7. The lowest BCUT2D eigenvalue weighted by molar-refractivity contribution is -0.117. The maximum absolute atomic E-state index is 13.4. The fourth-order valence-corrected chi connectivity index (χ4v) is 14.8. The van der Waals surface area contributed by atoms with Crippen LogP contribution in [-0.2, 0) is 64.1 Å². The van der Waals surface area contributed by atoms with E-state index in [1.807, 2.05) is 0 Å². The van der Waals surface area contributed by atoms with Crippen LogP contribution in [0, 0.1) is 0 Å². The molecule has 7 N–H and O–H groups in total. The summed E-state index contributed by atoms with van der Waals surface area (Å²) < 4.78 is 157. The second-order valence-electron chi connectivity index (χ2n) is 21.7. The molecule has 0 unspecified atom stereocenters. The van der Waals surface area contributed by atoms with E-state index >= 15 is 0 Å². The van der Waals surface area contributed by atoms with Crippen molar-refractivity contribution in [1.29, 1.82) is 0 Å². The Morgan fingerprint density at radius 2 is 0.845 bits per heavy atom. The monoisotopic (exact) mass is 1480 g/mol. The van der Waals surface area contributed by atoms with Gasteiger partial charge in [-0.25, -0.2) is 25.3 Å². The van der Waals surface area contributed by atoms with Crippen LogP contribution < -0.4 is 72.7 Å². The molecule has 0 saturated heterocycles. The van der Waals surface area contributed by atoms with Gasteiger partial charge in [0.1, 0.15) is 27.8 Å². The Balaban J connectivity index is 0.000000146. The molecule has 0 fully saturated rings. The molecule has 29 nitrogen and oxygen atoms in total. The van der Waals surface area contributed by atoms with Gasteiger partial charge in [0, 0.05) is 75.6 Å². The van der Waals surface area contributed by atoms with E-state index in [-0.39, 0.29) is 105 Å². The summed E-state index contributed by atoms with van der Waals surface area (Å²) in [4.78, 5) is 40.1. The van der Waals surface area contributed by atoms with Gasteiger partial charge in [-0.3, -0.25) is 28.5 Å². The summed E-state index contributed by atoms with van der Waals surface area (Å²) in [5, 5.41) is 9.10. The van der Waals surface area contributed by atoms with E-state index in [1.54, 1.807) is 91.1 Å². The van der Waals surface area contributed by atoms with E-state index in [0.29, 0.717) is 79.2 Å². The number of H-pyrrole nitrogens is 1. The van der Waals surface area contributed by atoms with Crippen molar-refractivity contribution in [2.24, 2.45) is 0 Å². The molecule has 0 saturated carbocycles. The normalized spacial score (nSPS) is 12.8. The maximum Gasteiger partial charge on any atom is 0.263 e. The van der Waals surface area contributed by atoms with E-state index in [4.69, 9.17) is 71.9 Å². The van der Waals surface area contributed by atoms with Crippen LogP contribution in [0.2, 0.25) is 5.02 Å². The SMILES string of the molecule is COc1c(/C=C/C(=O)NCc2ccco2)c(NS(=O)(=O)c2cccc3[nH]ccc23)cc2c1OCO2.COc1c(/C=C/C(=O)NCc2ccco2)c(NS(=O)(=O)c2cccc3occc23)cc2c1OCO2.COc1c(/C=C/C(=O)NCc2ccco2)c(NS(=O)(=O)c2ccccc2Cl)cc2c1OCO2. The minimum Gasteiger partial charge on any atom is -0.492 e. The number of aromatic amines is 1. The first-order valence-electron chi connectivity index (χ1n) is 30.6. The lowest BCUT2D eigenvalue weighted by Crippen LogP contribution is -2.20. The van der Waals surface area contributed by atoms with E-state index in [1.165, 1.54) is 125 Å². The number of hydrogen-bond donors (Lipinski definition) is 7. The molecule has 0 aliphatic carbocycles. The van der Waals surface area contributed by atoms with Crippen molar-refractivity contribution < 1.29 is 99.9 Å². The first-order chi connectivity index (χ1) is 49.8. The molecule has 532 valence electrons. The van der Waals surface area contributed by atoms with Crippen LogP contribution in [0.5, 0.6) is 51.7 Å². The topological polar surface area (TPSA) is 377 Å². The summed E-state index contributed by atoms with van der Waals surface area (Å²) in [5.74, 6) is 3.02. The Bertz CT molecular complexity index is 5170. The predicted molar refractivity (Wildman–Crippen MR) is 375 cm³/mol. The summed E-state index contributed by atoms with van der Waals surface area (Å²) in [6.45, 7) is 0.442. The molecule has 103 heavy (non-hydrogen) atoms. The number of benzene rings is 6. The summed E-state index contributed by atoms with van der Waals surface area (Å²) >= 11 is 6.08. The number of hydrogen-bond acceptors (Lipinski definition) is 22. The first-order valence-corrected chi connectivity index (χ1v) is 35.5. The van der Waals surface area contributed by atoms with Crippen LogP contribution in [0.1, 0.15) is 34.0 Å². The maximum atomic E-state index is 13.4. The highest BCUT2D eigenvalue weighted by Gasteiger charge is 2.32. The first kappa shape index (κ1) is 70.5. The number of furan rings is 4. The third-order valence-electron chi connectivity index (χ3n) is 15.3. The highest BCUT2D eigenvalue weighted by Crippen LogP contribution is 2.51. The fourth-order valence-electron chi connectivity index (χ4n) is 10.6. The van der Waals surface area contributed by atoms with E-state index in [0.717, 1.165) is 0 Å². The average molecular weight is 1480 g/mol. The Hall–Kier alpha value is -12.4. The number of carbonyl (C=O) groups is 3. The minimum absolute atomic E-state index is 0.0338. The number of amides is 3. The van der Waals surface area contributed by atoms with Gasteiger partial charge in [-0.15, -0.1) is 0 Å². The zero-order valence-corrected chi connectivity index (χ0v) is 57.5. The molecular weight excluding hydrogens is 1420 g/mol. The molecular formula is C70H60ClN7O22S3. The molecule has 6 aromatic carbocycles. The van der Waals surface area contributed by atoms with Crippen molar-refractivity contribution >= 4 is 117 Å². The molecule has 0 spiro atoms. The number of sulfonamides is 3. The van der Waals surface area contributed by atoms with Gasteiger partial charge in [0.15, 0.2) is 34.5 Å². The number of carbonyl (C=O) groups excluding carboxylic acids is 3. The zero-order valence-electron chi connectivity index (χ0n) is 54.3.